The lowest BCUT2D eigenvalue weighted by atomic mass is 10.1. The summed E-state index contributed by atoms with van der Waals surface area (Å²) in [5, 5.41) is 6.82. The summed E-state index contributed by atoms with van der Waals surface area (Å²) in [6.45, 7) is 8.42. The van der Waals surface area contributed by atoms with Gasteiger partial charge < -0.3 is 19.8 Å². The van der Waals surface area contributed by atoms with Gasteiger partial charge in [-0.05, 0) is 57.8 Å². The summed E-state index contributed by atoms with van der Waals surface area (Å²) >= 11 is 0. The van der Waals surface area contributed by atoms with Crippen molar-refractivity contribution >= 4 is 29.9 Å². The molecule has 3 heterocycles. The van der Waals surface area contributed by atoms with Crippen LogP contribution in [0.25, 0.3) is 0 Å². The third kappa shape index (κ3) is 7.12. The molecule has 2 aliphatic rings. The molecule has 0 amide bonds. The summed E-state index contributed by atoms with van der Waals surface area (Å²) in [6, 6.07) is 4.25. The molecular formula is C20H33IN4O2. The number of hydrogen-bond donors (Lipinski definition) is 2. The molecule has 0 aliphatic carbocycles. The van der Waals surface area contributed by atoms with Crippen LogP contribution in [0.3, 0.4) is 0 Å². The molecule has 1 aromatic heterocycles. The third-order valence-electron chi connectivity index (χ3n) is 5.02. The van der Waals surface area contributed by atoms with Crippen LogP contribution in [0.1, 0.15) is 44.4 Å². The van der Waals surface area contributed by atoms with Crippen molar-refractivity contribution in [3.05, 3.63) is 35.8 Å². The normalized spacial score (nSPS) is 19.3. The number of halogens is 1. The Morgan fingerprint density at radius 1 is 1.30 bits per heavy atom. The molecule has 0 spiro atoms. The van der Waals surface area contributed by atoms with E-state index in [1.807, 2.05) is 6.07 Å². The van der Waals surface area contributed by atoms with E-state index in [2.05, 4.69) is 34.6 Å². The number of likely N-dealkylation sites (tertiary alicyclic amines) is 1. The lowest BCUT2D eigenvalue weighted by Gasteiger charge is -2.24. The van der Waals surface area contributed by atoms with Crippen molar-refractivity contribution in [1.82, 2.24) is 15.5 Å². The fourth-order valence-electron chi connectivity index (χ4n) is 3.57. The molecule has 7 heteroatoms. The minimum absolute atomic E-state index is 0. The standard InChI is InChI=1S/C20H32N4O2.HI/c1-2-21-20(22-10-7-17-8-14-25-15-9-17)23-16-18(19-6-5-13-26-19)24-11-3-4-12-24;/h5-6,8,13,18H,2-4,7,9-12,14-16H2,1H3,(H2,21,22,23);1H. The largest absolute Gasteiger partial charge is 0.468 e. The molecular weight excluding hydrogens is 455 g/mol. The Morgan fingerprint density at radius 3 is 2.81 bits per heavy atom. The molecule has 1 unspecified atom stereocenters. The van der Waals surface area contributed by atoms with Gasteiger partial charge in [-0.25, -0.2) is 0 Å². The molecule has 0 aromatic carbocycles. The van der Waals surface area contributed by atoms with E-state index in [9.17, 15) is 0 Å². The number of hydrogen-bond acceptors (Lipinski definition) is 4. The van der Waals surface area contributed by atoms with Crippen molar-refractivity contribution in [1.29, 1.82) is 0 Å². The van der Waals surface area contributed by atoms with Gasteiger partial charge in [-0.2, -0.15) is 0 Å². The van der Waals surface area contributed by atoms with E-state index in [1.165, 1.54) is 18.4 Å². The van der Waals surface area contributed by atoms with Gasteiger partial charge in [0.25, 0.3) is 0 Å². The fourth-order valence-corrected chi connectivity index (χ4v) is 3.57. The van der Waals surface area contributed by atoms with E-state index in [0.717, 1.165) is 64.0 Å². The molecule has 1 atom stereocenters. The molecule has 27 heavy (non-hydrogen) atoms. The van der Waals surface area contributed by atoms with E-state index in [1.54, 1.807) is 6.26 Å². The molecule has 3 rings (SSSR count). The van der Waals surface area contributed by atoms with Crippen LogP contribution in [-0.2, 0) is 4.74 Å². The van der Waals surface area contributed by atoms with Crippen LogP contribution in [0.2, 0.25) is 0 Å². The van der Waals surface area contributed by atoms with Gasteiger partial charge >= 0.3 is 0 Å². The molecule has 1 saturated heterocycles. The van der Waals surface area contributed by atoms with Crippen LogP contribution in [0, 0.1) is 0 Å². The Labute approximate surface area is 179 Å². The maximum absolute atomic E-state index is 5.69. The maximum Gasteiger partial charge on any atom is 0.191 e. The zero-order valence-electron chi connectivity index (χ0n) is 16.3. The average molecular weight is 488 g/mol. The molecule has 6 nitrogen and oxygen atoms in total. The topological polar surface area (TPSA) is 62.0 Å². The Kier molecular flexibility index (Phi) is 10.2. The first-order valence-electron chi connectivity index (χ1n) is 9.92. The van der Waals surface area contributed by atoms with E-state index in [-0.39, 0.29) is 30.0 Å². The van der Waals surface area contributed by atoms with Gasteiger partial charge in [0, 0.05) is 13.1 Å². The second kappa shape index (κ2) is 12.4. The number of rotatable bonds is 8. The average Bonchev–Trinajstić information content (AvgIpc) is 3.37. The number of nitrogens with zero attached hydrogens (tertiary/aromatic N) is 2. The SMILES string of the molecule is CCNC(=NCC(c1ccco1)N1CCCC1)NCCC1=CCOCC1.I. The van der Waals surface area contributed by atoms with E-state index >= 15 is 0 Å². The Bertz CT molecular complexity index is 583. The van der Waals surface area contributed by atoms with Crippen LogP contribution in [-0.4, -0.2) is 56.8 Å². The van der Waals surface area contributed by atoms with Crippen molar-refractivity contribution in [2.75, 3.05) is 45.9 Å². The first-order valence-corrected chi connectivity index (χ1v) is 9.92. The van der Waals surface area contributed by atoms with Gasteiger partial charge in [-0.1, -0.05) is 11.6 Å². The summed E-state index contributed by atoms with van der Waals surface area (Å²) in [7, 11) is 0. The molecule has 2 N–H and O–H groups in total. The zero-order valence-corrected chi connectivity index (χ0v) is 18.6. The highest BCUT2D eigenvalue weighted by atomic mass is 127. The van der Waals surface area contributed by atoms with Gasteiger partial charge in [-0.3, -0.25) is 9.89 Å². The highest BCUT2D eigenvalue weighted by molar-refractivity contribution is 14.0. The molecule has 0 bridgehead atoms. The fraction of sp³-hybridized carbons (Fsp3) is 0.650. The zero-order chi connectivity index (χ0) is 18.0. The third-order valence-corrected chi connectivity index (χ3v) is 5.02. The van der Waals surface area contributed by atoms with E-state index in [4.69, 9.17) is 14.1 Å². The lowest BCUT2D eigenvalue weighted by molar-refractivity contribution is 0.153. The van der Waals surface area contributed by atoms with Crippen LogP contribution >= 0.6 is 24.0 Å². The Morgan fingerprint density at radius 2 is 2.15 bits per heavy atom. The van der Waals surface area contributed by atoms with Crippen LogP contribution < -0.4 is 10.6 Å². The first kappa shape index (κ1) is 22.2. The number of aliphatic imine (C=N–C) groups is 1. The second-order valence-electron chi connectivity index (χ2n) is 6.86. The van der Waals surface area contributed by atoms with Crippen molar-refractivity contribution in [2.45, 2.75) is 38.6 Å². The van der Waals surface area contributed by atoms with Gasteiger partial charge in [0.05, 0.1) is 32.1 Å². The quantitative estimate of drug-likeness (QED) is 0.255. The molecule has 0 radical (unpaired) electrons. The van der Waals surface area contributed by atoms with Gasteiger partial charge in [0.1, 0.15) is 5.76 Å². The molecule has 1 aromatic rings. The van der Waals surface area contributed by atoms with Gasteiger partial charge in [0.15, 0.2) is 5.96 Å². The number of guanidine groups is 1. The molecule has 1 fully saturated rings. The van der Waals surface area contributed by atoms with Crippen LogP contribution in [0.4, 0.5) is 0 Å². The van der Waals surface area contributed by atoms with Crippen molar-refractivity contribution in [3.8, 4) is 0 Å². The van der Waals surface area contributed by atoms with E-state index in [0.29, 0.717) is 6.54 Å². The first-order chi connectivity index (χ1) is 12.9. The summed E-state index contributed by atoms with van der Waals surface area (Å²) < 4.78 is 11.1. The highest BCUT2D eigenvalue weighted by Crippen LogP contribution is 2.25. The van der Waals surface area contributed by atoms with Gasteiger partial charge in [-0.15, -0.1) is 24.0 Å². The summed E-state index contributed by atoms with van der Waals surface area (Å²) in [6.07, 6.45) is 8.57. The summed E-state index contributed by atoms with van der Waals surface area (Å²) in [5.74, 6) is 1.90. The Balaban J connectivity index is 0.00000261. The van der Waals surface area contributed by atoms with E-state index < -0.39 is 0 Å². The predicted octanol–water partition coefficient (Wildman–Crippen LogP) is 3.33. The van der Waals surface area contributed by atoms with Gasteiger partial charge in [0.2, 0.25) is 0 Å². The summed E-state index contributed by atoms with van der Waals surface area (Å²) in [5.41, 5.74) is 1.48. The predicted molar refractivity (Wildman–Crippen MR) is 120 cm³/mol. The number of ether oxygens (including phenoxy) is 1. The smallest absolute Gasteiger partial charge is 0.191 e. The van der Waals surface area contributed by atoms with Crippen LogP contribution in [0.15, 0.2) is 39.5 Å². The second-order valence-corrected chi connectivity index (χ2v) is 6.86. The Hall–Kier alpha value is -1.06. The monoisotopic (exact) mass is 488 g/mol. The minimum atomic E-state index is 0. The number of nitrogens with one attached hydrogen (secondary N) is 2. The highest BCUT2D eigenvalue weighted by Gasteiger charge is 2.25. The summed E-state index contributed by atoms with van der Waals surface area (Å²) in [4.78, 5) is 7.33. The molecule has 152 valence electrons. The lowest BCUT2D eigenvalue weighted by Crippen LogP contribution is -2.39. The molecule has 0 saturated carbocycles. The van der Waals surface area contributed by atoms with Crippen molar-refractivity contribution in [2.24, 2.45) is 4.99 Å². The van der Waals surface area contributed by atoms with Crippen LogP contribution in [0.5, 0.6) is 0 Å². The minimum Gasteiger partial charge on any atom is -0.468 e. The maximum atomic E-state index is 5.69. The molecule has 2 aliphatic heterocycles. The number of furan rings is 1. The van der Waals surface area contributed by atoms with Crippen molar-refractivity contribution in [3.63, 3.8) is 0 Å². The van der Waals surface area contributed by atoms with Crippen molar-refractivity contribution < 1.29 is 9.15 Å².